The van der Waals surface area contributed by atoms with Gasteiger partial charge in [-0.25, -0.2) is 0 Å². The average molecular weight is 810 g/mol. The van der Waals surface area contributed by atoms with Gasteiger partial charge in [0.25, 0.3) is 0 Å². The van der Waals surface area contributed by atoms with Crippen LogP contribution in [0.15, 0.2) is 212 Å². The van der Waals surface area contributed by atoms with E-state index in [-0.39, 0.29) is 10.8 Å². The molecule has 10 aromatic rings. The van der Waals surface area contributed by atoms with E-state index in [1.807, 2.05) is 0 Å². The highest BCUT2D eigenvalue weighted by Crippen LogP contribution is 2.54. The third-order valence-electron chi connectivity index (χ3n) is 13.9. The number of anilines is 6. The van der Waals surface area contributed by atoms with Crippen molar-refractivity contribution in [3.05, 3.63) is 235 Å². The van der Waals surface area contributed by atoms with Gasteiger partial charge in [-0.3, -0.25) is 0 Å². The lowest BCUT2D eigenvalue weighted by molar-refractivity contribution is 0.632. The molecule has 12 rings (SSSR count). The Bertz CT molecular complexity index is 3120. The summed E-state index contributed by atoms with van der Waals surface area (Å²) in [6.45, 7) is 9.37. The molecule has 3 heteroatoms. The van der Waals surface area contributed by atoms with Crippen molar-refractivity contribution in [3.8, 4) is 27.9 Å². The molecule has 1 aromatic heterocycles. The van der Waals surface area contributed by atoms with Crippen LogP contribution in [0.1, 0.15) is 49.9 Å². The summed E-state index contributed by atoms with van der Waals surface area (Å²) in [5.74, 6) is 0. The highest BCUT2D eigenvalue weighted by molar-refractivity contribution is 6.12. The van der Waals surface area contributed by atoms with Crippen LogP contribution in [0.4, 0.5) is 34.1 Å². The number of para-hydroxylation sites is 5. The maximum absolute atomic E-state index is 2.45. The molecule has 0 radical (unpaired) electrons. The first-order valence-electron chi connectivity index (χ1n) is 22.1. The molecule has 2 aliphatic heterocycles. The predicted octanol–water partition coefficient (Wildman–Crippen LogP) is 16.3. The van der Waals surface area contributed by atoms with Gasteiger partial charge in [-0.15, -0.1) is 0 Å². The second-order valence-electron chi connectivity index (χ2n) is 18.2. The minimum absolute atomic E-state index is 0.110. The monoisotopic (exact) mass is 809 g/mol. The van der Waals surface area contributed by atoms with Crippen LogP contribution in [-0.4, -0.2) is 4.57 Å². The van der Waals surface area contributed by atoms with E-state index in [2.05, 4.69) is 254 Å². The van der Waals surface area contributed by atoms with Crippen molar-refractivity contribution in [1.82, 2.24) is 4.57 Å². The maximum Gasteiger partial charge on any atom is 0.0541 e. The predicted molar refractivity (Wildman–Crippen MR) is 265 cm³/mol. The highest BCUT2D eigenvalue weighted by atomic mass is 15.2. The van der Waals surface area contributed by atoms with Gasteiger partial charge >= 0.3 is 0 Å². The Morgan fingerprint density at radius 1 is 0.286 bits per heavy atom. The van der Waals surface area contributed by atoms with Crippen molar-refractivity contribution in [2.45, 2.75) is 38.5 Å². The number of hydrogen-bond donors (Lipinski definition) is 0. The normalized spacial score (nSPS) is 14.5. The maximum atomic E-state index is 2.45. The fourth-order valence-electron chi connectivity index (χ4n) is 10.8. The van der Waals surface area contributed by atoms with Crippen LogP contribution in [0.3, 0.4) is 0 Å². The minimum atomic E-state index is -0.110. The Morgan fingerprint density at radius 3 is 1.02 bits per heavy atom. The molecule has 302 valence electrons. The van der Waals surface area contributed by atoms with E-state index in [9.17, 15) is 0 Å². The van der Waals surface area contributed by atoms with Crippen molar-refractivity contribution >= 4 is 55.9 Å². The molecule has 0 fully saturated rings. The largest absolute Gasteiger partial charge is 0.310 e. The van der Waals surface area contributed by atoms with Gasteiger partial charge in [0.2, 0.25) is 0 Å². The number of rotatable bonds is 5. The zero-order chi connectivity index (χ0) is 42.5. The minimum Gasteiger partial charge on any atom is -0.310 e. The molecule has 0 bridgehead atoms. The third kappa shape index (κ3) is 5.66. The van der Waals surface area contributed by atoms with Gasteiger partial charge in [0, 0.05) is 38.7 Å². The summed E-state index contributed by atoms with van der Waals surface area (Å²) in [4.78, 5) is 4.89. The van der Waals surface area contributed by atoms with Crippen LogP contribution in [-0.2, 0) is 10.8 Å². The van der Waals surface area contributed by atoms with Gasteiger partial charge in [-0.1, -0.05) is 155 Å². The molecular formula is C60H47N3. The summed E-state index contributed by atoms with van der Waals surface area (Å²) in [6.07, 6.45) is 0. The molecule has 2 aliphatic rings. The van der Waals surface area contributed by atoms with Crippen LogP contribution in [0, 0.1) is 0 Å². The lowest BCUT2D eigenvalue weighted by atomic mass is 9.73. The molecule has 0 atom stereocenters. The first-order chi connectivity index (χ1) is 30.8. The van der Waals surface area contributed by atoms with E-state index in [1.54, 1.807) is 0 Å². The van der Waals surface area contributed by atoms with Gasteiger partial charge in [0.05, 0.1) is 33.8 Å². The Hall–Kier alpha value is -7.62. The molecule has 0 saturated carbocycles. The van der Waals surface area contributed by atoms with E-state index in [1.165, 1.54) is 89.1 Å². The summed E-state index contributed by atoms with van der Waals surface area (Å²) in [5, 5.41) is 2.46. The van der Waals surface area contributed by atoms with Crippen LogP contribution >= 0.6 is 0 Å². The molecule has 63 heavy (non-hydrogen) atoms. The van der Waals surface area contributed by atoms with Gasteiger partial charge in [0.15, 0.2) is 0 Å². The fourth-order valence-corrected chi connectivity index (χ4v) is 10.8. The lowest BCUT2D eigenvalue weighted by Gasteiger charge is -2.42. The van der Waals surface area contributed by atoms with Crippen molar-refractivity contribution in [2.75, 3.05) is 9.80 Å². The molecule has 0 unspecified atom stereocenters. The SMILES string of the molecule is CC1(C)c2ccccc2N(c2cccc(-c3ccc4c(c3)c3cc(-c5cccc(N6c7ccccc7C(C)(C)c7ccccc76)c5)ccc3n4-c3ccccc3)c2)c2ccccc21. The first kappa shape index (κ1) is 37.2. The number of fused-ring (bicyclic) bond motifs is 7. The van der Waals surface area contributed by atoms with E-state index in [0.717, 1.165) is 17.1 Å². The fraction of sp³-hybridized carbons (Fsp3) is 0.100. The molecular weight excluding hydrogens is 763 g/mol. The van der Waals surface area contributed by atoms with Gasteiger partial charge in [-0.2, -0.15) is 0 Å². The molecule has 3 nitrogen and oxygen atoms in total. The summed E-state index contributed by atoms with van der Waals surface area (Å²) in [7, 11) is 0. The third-order valence-corrected chi connectivity index (χ3v) is 13.9. The summed E-state index contributed by atoms with van der Waals surface area (Å²) in [6, 6.07) is 78.4. The second-order valence-corrected chi connectivity index (χ2v) is 18.2. The second kappa shape index (κ2) is 14.0. The van der Waals surface area contributed by atoms with Gasteiger partial charge < -0.3 is 14.4 Å². The highest BCUT2D eigenvalue weighted by Gasteiger charge is 2.38. The molecule has 0 N–H and O–H groups in total. The quantitative estimate of drug-likeness (QED) is 0.172. The van der Waals surface area contributed by atoms with E-state index in [0.29, 0.717) is 0 Å². The molecule has 0 aliphatic carbocycles. The molecule has 3 heterocycles. The smallest absolute Gasteiger partial charge is 0.0541 e. The van der Waals surface area contributed by atoms with E-state index < -0.39 is 0 Å². The van der Waals surface area contributed by atoms with Crippen LogP contribution in [0.2, 0.25) is 0 Å². The Balaban J connectivity index is 1.000. The van der Waals surface area contributed by atoms with E-state index in [4.69, 9.17) is 0 Å². The topological polar surface area (TPSA) is 11.4 Å². The summed E-state index contributed by atoms with van der Waals surface area (Å²) >= 11 is 0. The number of hydrogen-bond acceptors (Lipinski definition) is 2. The van der Waals surface area contributed by atoms with Gasteiger partial charge in [0.1, 0.15) is 0 Å². The van der Waals surface area contributed by atoms with Gasteiger partial charge in [-0.05, 0) is 129 Å². The Morgan fingerprint density at radius 2 is 0.619 bits per heavy atom. The average Bonchev–Trinajstić information content (AvgIpc) is 3.65. The van der Waals surface area contributed by atoms with Crippen LogP contribution in [0.5, 0.6) is 0 Å². The zero-order valence-electron chi connectivity index (χ0n) is 36.0. The van der Waals surface area contributed by atoms with Crippen molar-refractivity contribution in [2.24, 2.45) is 0 Å². The van der Waals surface area contributed by atoms with Crippen molar-refractivity contribution in [1.29, 1.82) is 0 Å². The summed E-state index contributed by atoms with van der Waals surface area (Å²) < 4.78 is 2.41. The number of aromatic nitrogens is 1. The molecule has 9 aromatic carbocycles. The molecule has 0 saturated heterocycles. The zero-order valence-corrected chi connectivity index (χ0v) is 36.0. The lowest BCUT2D eigenvalue weighted by Crippen LogP contribution is -2.30. The van der Waals surface area contributed by atoms with Crippen LogP contribution in [0.25, 0.3) is 49.7 Å². The van der Waals surface area contributed by atoms with E-state index >= 15 is 0 Å². The van der Waals surface area contributed by atoms with Crippen LogP contribution < -0.4 is 9.80 Å². The standard InChI is InChI=1S/C60H47N3/c1-59(2)49-24-8-12-28-55(49)62(56-29-13-9-25-50(56)59)45-22-16-18-40(36-45)42-32-34-53-47(38-42)48-39-43(33-35-54(48)61(53)44-20-6-5-7-21-44)41-19-17-23-46(37-41)63-57-30-14-10-26-51(57)60(3,4)52-27-11-15-31-58(52)63/h5-39H,1-4H3. The Labute approximate surface area is 369 Å². The summed E-state index contributed by atoms with van der Waals surface area (Å²) in [5.41, 5.74) is 20.6. The molecule has 0 spiro atoms. The molecule has 0 amide bonds. The number of nitrogens with zero attached hydrogens (tertiary/aromatic N) is 3. The first-order valence-corrected chi connectivity index (χ1v) is 22.1. The van der Waals surface area contributed by atoms with Crippen molar-refractivity contribution < 1.29 is 0 Å². The van der Waals surface area contributed by atoms with Crippen molar-refractivity contribution in [3.63, 3.8) is 0 Å². The number of benzene rings is 9. The Kier molecular flexibility index (Phi) is 8.23.